The molecule has 0 heterocycles. The molecule has 0 radical (unpaired) electrons. The topological polar surface area (TPSA) is 18.5 Å². The van der Waals surface area contributed by atoms with E-state index in [-0.39, 0.29) is 15.8 Å². The molecule has 0 aliphatic carbocycles. The average Bonchev–Trinajstić information content (AvgIpc) is 2.18. The molecule has 0 aliphatic rings. The normalized spacial score (nSPS) is 11.6. The molecule has 0 aromatic rings. The number of allylic oxidation sites excluding steroid dienone is 1. The van der Waals surface area contributed by atoms with Crippen molar-refractivity contribution in [1.29, 1.82) is 0 Å². The lowest BCUT2D eigenvalue weighted by Gasteiger charge is -2.16. The van der Waals surface area contributed by atoms with Gasteiger partial charge in [0.05, 0.1) is 0 Å². The van der Waals surface area contributed by atoms with E-state index in [0.717, 1.165) is 25.7 Å². The van der Waals surface area contributed by atoms with Crippen LogP contribution in [0.25, 0.3) is 0 Å². The summed E-state index contributed by atoms with van der Waals surface area (Å²) in [5, 5.41) is 0. The number of hydrogen-bond acceptors (Lipinski definition) is 2. The Morgan fingerprint density at radius 2 is 1.93 bits per heavy atom. The van der Waals surface area contributed by atoms with Crippen molar-refractivity contribution in [2.75, 3.05) is 13.2 Å². The van der Waals surface area contributed by atoms with Crippen molar-refractivity contribution >= 4 is 9.52 Å². The second-order valence-corrected chi connectivity index (χ2v) is 5.26. The molecule has 0 rings (SSSR count). The fourth-order valence-electron chi connectivity index (χ4n) is 1.36. The maximum absolute atomic E-state index is 5.48. The number of rotatable bonds is 10. The predicted molar refractivity (Wildman–Crippen MR) is 64.6 cm³/mol. The van der Waals surface area contributed by atoms with E-state index in [4.69, 9.17) is 9.47 Å². The van der Waals surface area contributed by atoms with Gasteiger partial charge in [0.15, 0.2) is 6.29 Å². The zero-order valence-electron chi connectivity index (χ0n) is 9.63. The van der Waals surface area contributed by atoms with Gasteiger partial charge in [-0.25, -0.2) is 0 Å². The van der Waals surface area contributed by atoms with Gasteiger partial charge in [0, 0.05) is 22.7 Å². The van der Waals surface area contributed by atoms with Crippen LogP contribution in [0.5, 0.6) is 0 Å². The molecule has 0 amide bonds. The maximum Gasteiger partial charge on any atom is 0.154 e. The lowest BCUT2D eigenvalue weighted by atomic mass is 10.3. The Hall–Kier alpha value is -0.123. The Bertz CT molecular complexity index is 122. The van der Waals surface area contributed by atoms with Gasteiger partial charge in [0.2, 0.25) is 0 Å². The molecule has 0 saturated carbocycles. The summed E-state index contributed by atoms with van der Waals surface area (Å²) in [5.41, 5.74) is 0. The van der Waals surface area contributed by atoms with Gasteiger partial charge in [-0.15, -0.1) is 6.58 Å². The number of unbranched alkanes of at least 4 members (excludes halogenated alkanes) is 1. The number of ether oxygens (including phenoxy) is 2. The summed E-state index contributed by atoms with van der Waals surface area (Å²) in [7, 11) is 0.00515. The molecule has 0 unspecified atom stereocenters. The first-order valence-corrected chi connectivity index (χ1v) is 7.69. The second-order valence-electron chi connectivity index (χ2n) is 3.27. The standard InChI is InChI=1S/C11H24O2Si/c1-4-7-8-9-14-10-11(12-5-2)13-6-3/h4,11H,1,5-10,14H2,2-3H3. The summed E-state index contributed by atoms with van der Waals surface area (Å²) in [5.74, 6) is 0. The Balaban J connectivity index is 3.34. The SMILES string of the molecule is C=CCCC[SiH2]CC(OCC)OCC. The quantitative estimate of drug-likeness (QED) is 0.241. The molecule has 0 saturated heterocycles. The van der Waals surface area contributed by atoms with Gasteiger partial charge in [-0.2, -0.15) is 0 Å². The van der Waals surface area contributed by atoms with Gasteiger partial charge < -0.3 is 9.47 Å². The molecule has 0 spiro atoms. The Morgan fingerprint density at radius 1 is 1.29 bits per heavy atom. The van der Waals surface area contributed by atoms with Crippen LogP contribution in [-0.4, -0.2) is 29.0 Å². The van der Waals surface area contributed by atoms with Crippen molar-refractivity contribution in [2.24, 2.45) is 0 Å². The zero-order valence-corrected chi connectivity index (χ0v) is 11.0. The lowest BCUT2D eigenvalue weighted by Crippen LogP contribution is -2.18. The summed E-state index contributed by atoms with van der Waals surface area (Å²) in [6, 6.07) is 2.53. The van der Waals surface area contributed by atoms with Crippen LogP contribution in [0.3, 0.4) is 0 Å². The molecule has 0 fully saturated rings. The van der Waals surface area contributed by atoms with E-state index in [1.165, 1.54) is 12.5 Å². The lowest BCUT2D eigenvalue weighted by molar-refractivity contribution is -0.123. The molecular formula is C11H24O2Si. The molecule has 0 atom stereocenters. The monoisotopic (exact) mass is 216 g/mol. The van der Waals surface area contributed by atoms with Gasteiger partial charge in [0.25, 0.3) is 0 Å². The van der Waals surface area contributed by atoms with Crippen LogP contribution in [0.2, 0.25) is 12.1 Å². The van der Waals surface area contributed by atoms with Crippen LogP contribution in [-0.2, 0) is 9.47 Å². The molecule has 0 aliphatic heterocycles. The summed E-state index contributed by atoms with van der Waals surface area (Å²) in [6.07, 6.45) is 4.51. The second kappa shape index (κ2) is 11.0. The first-order chi connectivity index (χ1) is 6.85. The minimum absolute atomic E-state index is 0.00515. The highest BCUT2D eigenvalue weighted by atomic mass is 28.2. The molecule has 0 bridgehead atoms. The van der Waals surface area contributed by atoms with Crippen molar-refractivity contribution in [2.45, 2.75) is 45.1 Å². The van der Waals surface area contributed by atoms with Gasteiger partial charge in [0.1, 0.15) is 0 Å². The van der Waals surface area contributed by atoms with E-state index in [9.17, 15) is 0 Å². The van der Waals surface area contributed by atoms with E-state index >= 15 is 0 Å². The smallest absolute Gasteiger partial charge is 0.154 e. The van der Waals surface area contributed by atoms with Crippen LogP contribution in [0.1, 0.15) is 26.7 Å². The first kappa shape index (κ1) is 13.9. The molecule has 14 heavy (non-hydrogen) atoms. The third-order valence-electron chi connectivity index (χ3n) is 2.05. The van der Waals surface area contributed by atoms with E-state index < -0.39 is 0 Å². The summed E-state index contributed by atoms with van der Waals surface area (Å²) in [4.78, 5) is 0. The predicted octanol–water partition coefficient (Wildman–Crippen LogP) is 2.36. The third kappa shape index (κ3) is 8.47. The largest absolute Gasteiger partial charge is 0.353 e. The molecule has 3 heteroatoms. The first-order valence-electron chi connectivity index (χ1n) is 5.69. The van der Waals surface area contributed by atoms with Crippen molar-refractivity contribution < 1.29 is 9.47 Å². The molecular weight excluding hydrogens is 192 g/mol. The van der Waals surface area contributed by atoms with Crippen molar-refractivity contribution in [1.82, 2.24) is 0 Å². The van der Waals surface area contributed by atoms with E-state index in [2.05, 4.69) is 6.58 Å². The molecule has 2 nitrogen and oxygen atoms in total. The highest BCUT2D eigenvalue weighted by Gasteiger charge is 2.06. The summed E-state index contributed by atoms with van der Waals surface area (Å²) in [6.45, 7) is 9.27. The van der Waals surface area contributed by atoms with Crippen LogP contribution >= 0.6 is 0 Å². The third-order valence-corrected chi connectivity index (χ3v) is 3.93. The van der Waals surface area contributed by atoms with Crippen LogP contribution in [0.4, 0.5) is 0 Å². The molecule has 0 N–H and O–H groups in total. The molecule has 84 valence electrons. The van der Waals surface area contributed by atoms with Crippen LogP contribution < -0.4 is 0 Å². The molecule has 0 aromatic heterocycles. The van der Waals surface area contributed by atoms with Crippen molar-refractivity contribution in [3.8, 4) is 0 Å². The van der Waals surface area contributed by atoms with E-state index in [0.29, 0.717) is 0 Å². The Morgan fingerprint density at radius 3 is 2.43 bits per heavy atom. The van der Waals surface area contributed by atoms with Crippen LogP contribution in [0, 0.1) is 0 Å². The average molecular weight is 216 g/mol. The maximum atomic E-state index is 5.48. The summed E-state index contributed by atoms with van der Waals surface area (Å²) < 4.78 is 11.0. The van der Waals surface area contributed by atoms with E-state index in [1.54, 1.807) is 0 Å². The fraction of sp³-hybridized carbons (Fsp3) is 0.818. The molecule has 0 aromatic carbocycles. The summed E-state index contributed by atoms with van der Waals surface area (Å²) >= 11 is 0. The van der Waals surface area contributed by atoms with Crippen molar-refractivity contribution in [3.63, 3.8) is 0 Å². The van der Waals surface area contributed by atoms with Gasteiger partial charge >= 0.3 is 0 Å². The Kier molecular flexibility index (Phi) is 10.9. The fourth-order valence-corrected chi connectivity index (χ4v) is 2.96. The highest BCUT2D eigenvalue weighted by molar-refractivity contribution is 6.35. The van der Waals surface area contributed by atoms with Crippen molar-refractivity contribution in [3.05, 3.63) is 12.7 Å². The zero-order chi connectivity index (χ0) is 10.6. The van der Waals surface area contributed by atoms with Gasteiger partial charge in [-0.3, -0.25) is 0 Å². The Labute approximate surface area is 90.5 Å². The van der Waals surface area contributed by atoms with Crippen LogP contribution in [0.15, 0.2) is 12.7 Å². The number of hydrogen-bond donors (Lipinski definition) is 0. The van der Waals surface area contributed by atoms with Gasteiger partial charge in [-0.1, -0.05) is 18.5 Å². The highest BCUT2D eigenvalue weighted by Crippen LogP contribution is 2.05. The van der Waals surface area contributed by atoms with E-state index in [1.807, 2.05) is 19.9 Å². The minimum Gasteiger partial charge on any atom is -0.353 e. The minimum atomic E-state index is 0.00515. The van der Waals surface area contributed by atoms with Gasteiger partial charge in [-0.05, 0) is 26.3 Å².